The summed E-state index contributed by atoms with van der Waals surface area (Å²) in [7, 11) is 16.5. The molecule has 0 atom stereocenters. The van der Waals surface area contributed by atoms with E-state index >= 15 is 0 Å². The van der Waals surface area contributed by atoms with Gasteiger partial charge < -0.3 is 113 Å². The van der Waals surface area contributed by atoms with Gasteiger partial charge in [-0.25, -0.2) is 0 Å². The molecule has 0 amide bonds. The van der Waals surface area contributed by atoms with Crippen molar-refractivity contribution >= 4 is 30.8 Å². The van der Waals surface area contributed by atoms with Crippen LogP contribution in [0.2, 0.25) is 0 Å². The predicted octanol–water partition coefficient (Wildman–Crippen LogP) is 17.6. The smallest absolute Gasteiger partial charge is 0.200 e. The molecule has 25 nitrogen and oxygen atoms in total. The zero-order valence-electron chi connectivity index (χ0n) is 69.0. The van der Waals surface area contributed by atoms with Gasteiger partial charge in [-0.3, -0.25) is 9.59 Å². The van der Waals surface area contributed by atoms with Crippen LogP contribution < -0.4 is 52.1 Å². The standard InChI is InChI=1S/C11H14O4.C11H14O3.C10H12O3.3C10H12O2.C9H10O.2C8H8O3.C7H8O2/c1-14-9-6-8(4-3-5-12)7-10(15-2)11(9)13;1-4-5-8-6-9(13-2)11(12)10(7-8)14-3;1-13-10-7-8(3-2-6-11)4-5-9(10)12;1-3-4-8-5-6-10(12-2)9(11)7-8;2*1-3-4-8-5-6-9(11)10(7-8)12-2;1-2-3-8-4-6-9(10)7-5-8;1-11-8-3-2-6(5-9)4-7(8)10;1-11-8-4-6(5-9)2-3-7(8)10;1-9-7-5-3-2-4-6(7)8/h3-4,6-7,12-13H,5H2,1-2H3;4,6-7,12H,1,5H2,2-3H3;2-5,7,11-12H,6H2,1H3;3,5-7,11H,1,4H2,2H3;3-7,11H,1-2H3;3,5-7,11H,1,4H2,2H3;2,4-7,10H,1,3H2;2*2-5,10H,1H3;2-5,8H,1H3/b4-3+;;3-2+;;4-3+;;;;;. The van der Waals surface area contributed by atoms with Crippen LogP contribution in [0.4, 0.5) is 0 Å². The van der Waals surface area contributed by atoms with Gasteiger partial charge in [-0.1, -0.05) is 109 Å². The van der Waals surface area contributed by atoms with E-state index in [2.05, 4.69) is 26.3 Å². The molecule has 0 radical (unpaired) electrons. The van der Waals surface area contributed by atoms with Crippen molar-refractivity contribution in [3.63, 3.8) is 0 Å². The van der Waals surface area contributed by atoms with Crippen molar-refractivity contribution in [3.05, 3.63) is 301 Å². The Morgan fingerprint density at radius 3 is 0.941 bits per heavy atom. The Morgan fingerprint density at radius 1 is 0.269 bits per heavy atom. The number of phenols is 10. The van der Waals surface area contributed by atoms with Gasteiger partial charge in [0.15, 0.2) is 103 Å². The van der Waals surface area contributed by atoms with E-state index in [0.717, 1.165) is 52.6 Å². The van der Waals surface area contributed by atoms with Gasteiger partial charge in [0.25, 0.3) is 0 Å². The Hall–Kier alpha value is -14.6. The summed E-state index contributed by atoms with van der Waals surface area (Å²) in [6.07, 6.45) is 22.3. The first-order valence-corrected chi connectivity index (χ1v) is 36.0. The van der Waals surface area contributed by atoms with Gasteiger partial charge in [0.05, 0.1) is 91.4 Å². The van der Waals surface area contributed by atoms with Crippen molar-refractivity contribution in [1.82, 2.24) is 0 Å². The van der Waals surface area contributed by atoms with E-state index in [9.17, 15) is 40.2 Å². The maximum Gasteiger partial charge on any atom is 0.200 e. The number of methoxy groups -OCH3 is 11. The minimum atomic E-state index is -0.0362. The molecule has 0 heterocycles. The highest BCUT2D eigenvalue weighted by Crippen LogP contribution is 2.39. The SMILES string of the molecule is C/C=C/c1ccc(O)c(OC)c1.C=CCc1cc(OC)c(O)c(OC)c1.C=CCc1ccc(O)c(OC)c1.C=CCc1ccc(O)cc1.C=CCc1ccc(OC)c(O)c1.COc1cc(/C=C/CO)cc(OC)c1O.COc1cc(/C=C/CO)ccc1O.COc1cc(C=O)ccc1O.COc1ccc(C=O)cc1O.COc1ccccc1O. The molecular weight excluding hydrogens is 1530 g/mol. The summed E-state index contributed by atoms with van der Waals surface area (Å²) in [6, 6.07) is 50.5. The van der Waals surface area contributed by atoms with Gasteiger partial charge in [-0.15, -0.1) is 26.3 Å². The molecule has 10 aromatic carbocycles. The topological polar surface area (TPSA) is 378 Å². The summed E-state index contributed by atoms with van der Waals surface area (Å²) in [4.78, 5) is 20.5. The highest BCUT2D eigenvalue weighted by atomic mass is 16.5. The average molecular weight is 1640 g/mol. The Bertz CT molecular complexity index is 4710. The van der Waals surface area contributed by atoms with Crippen LogP contribution in [0.5, 0.6) is 121 Å². The molecule has 0 aromatic heterocycles. The van der Waals surface area contributed by atoms with E-state index in [1.807, 2.05) is 61.6 Å². The molecule has 636 valence electrons. The molecule has 12 N–H and O–H groups in total. The van der Waals surface area contributed by atoms with Crippen molar-refractivity contribution in [2.75, 3.05) is 91.4 Å². The lowest BCUT2D eigenvalue weighted by Gasteiger charge is -2.10. The number of carbonyl (C=O) groups excluding carboxylic acids is 2. The normalized spacial score (nSPS) is 9.73. The van der Waals surface area contributed by atoms with Crippen LogP contribution in [0, 0.1) is 0 Å². The van der Waals surface area contributed by atoms with E-state index in [0.29, 0.717) is 99.1 Å². The first-order chi connectivity index (χ1) is 57.3. The van der Waals surface area contributed by atoms with Gasteiger partial charge in [0.1, 0.15) is 18.3 Å². The molecule has 10 aromatic rings. The average Bonchev–Trinajstić information content (AvgIpc) is 0.834. The molecule has 0 unspecified atom stereocenters. The molecule has 25 heteroatoms. The maximum absolute atomic E-state index is 10.2. The lowest BCUT2D eigenvalue weighted by molar-refractivity contribution is 0.111. The summed E-state index contributed by atoms with van der Waals surface area (Å²) in [5.41, 5.74) is 7.89. The van der Waals surface area contributed by atoms with Crippen LogP contribution >= 0.6 is 0 Å². The fourth-order valence-electron chi connectivity index (χ4n) is 9.43. The molecule has 0 spiro atoms. The number of phenolic OH excluding ortho intramolecular Hbond substituents is 10. The summed E-state index contributed by atoms with van der Waals surface area (Å²) in [5.74, 6) is 5.82. The largest absolute Gasteiger partial charge is 0.508 e. The molecule has 0 aliphatic carbocycles. The Kier molecular flexibility index (Phi) is 51.7. The molecule has 119 heavy (non-hydrogen) atoms. The third-order valence-electron chi connectivity index (χ3n) is 15.3. The van der Waals surface area contributed by atoms with Gasteiger partial charge in [0.2, 0.25) is 11.5 Å². The monoisotopic (exact) mass is 1640 g/mol. The van der Waals surface area contributed by atoms with Gasteiger partial charge >= 0.3 is 0 Å². The van der Waals surface area contributed by atoms with Crippen LogP contribution in [0.15, 0.2) is 251 Å². The van der Waals surface area contributed by atoms with E-state index < -0.39 is 0 Å². The highest BCUT2D eigenvalue weighted by molar-refractivity contribution is 5.77. The van der Waals surface area contributed by atoms with Gasteiger partial charge in [0, 0.05) is 11.1 Å². The molecule has 0 bridgehead atoms. The molecule has 0 saturated heterocycles. The second-order valence-corrected chi connectivity index (χ2v) is 23.6. The number of para-hydroxylation sites is 2. The minimum absolute atomic E-state index is 0.00317. The minimum Gasteiger partial charge on any atom is -0.508 e. The number of benzene rings is 10. The molecule has 0 aliphatic heterocycles. The molecule has 10 rings (SSSR count). The van der Waals surface area contributed by atoms with Crippen molar-refractivity contribution in [2.24, 2.45) is 0 Å². The highest BCUT2D eigenvalue weighted by Gasteiger charge is 2.12. The number of carbonyl (C=O) groups is 2. The number of rotatable bonds is 26. The Balaban J connectivity index is 0.000000663. The summed E-state index contributed by atoms with van der Waals surface area (Å²) in [6.45, 7) is 16.4. The van der Waals surface area contributed by atoms with E-state index in [1.165, 1.54) is 108 Å². The summed E-state index contributed by atoms with van der Waals surface area (Å²) in [5, 5.41) is 110. The summed E-state index contributed by atoms with van der Waals surface area (Å²) >= 11 is 0. The molecule has 0 saturated carbocycles. The Morgan fingerprint density at radius 2 is 0.555 bits per heavy atom. The number of hydrogen-bond donors (Lipinski definition) is 12. The molecular formula is C94H110O25. The fourth-order valence-corrected chi connectivity index (χ4v) is 9.43. The number of aldehydes is 2. The number of aromatic hydroxyl groups is 10. The predicted molar refractivity (Wildman–Crippen MR) is 466 cm³/mol. The molecule has 0 fully saturated rings. The van der Waals surface area contributed by atoms with Gasteiger partial charge in [-0.05, 0) is 205 Å². The first kappa shape index (κ1) is 102. The van der Waals surface area contributed by atoms with Crippen molar-refractivity contribution in [1.29, 1.82) is 0 Å². The lowest BCUT2D eigenvalue weighted by Crippen LogP contribution is -1.91. The van der Waals surface area contributed by atoms with Crippen molar-refractivity contribution in [2.45, 2.75) is 32.6 Å². The lowest BCUT2D eigenvalue weighted by atomic mass is 10.1. The third-order valence-corrected chi connectivity index (χ3v) is 15.3. The third kappa shape index (κ3) is 38.9. The number of ether oxygens (including phenoxy) is 11. The van der Waals surface area contributed by atoms with Crippen molar-refractivity contribution in [3.8, 4) is 121 Å². The zero-order valence-corrected chi connectivity index (χ0v) is 69.0. The van der Waals surface area contributed by atoms with E-state index in [4.69, 9.17) is 82.7 Å². The van der Waals surface area contributed by atoms with Crippen molar-refractivity contribution < 1.29 is 123 Å². The number of allylic oxidation sites excluding steroid dienone is 5. The van der Waals surface area contributed by atoms with E-state index in [-0.39, 0.29) is 65.0 Å². The maximum atomic E-state index is 10.2. The van der Waals surface area contributed by atoms with Crippen LogP contribution in [0.3, 0.4) is 0 Å². The zero-order chi connectivity index (χ0) is 89.0. The Labute approximate surface area is 696 Å². The second kappa shape index (κ2) is 60.1. The summed E-state index contributed by atoms with van der Waals surface area (Å²) < 4.78 is 54.1. The number of aliphatic hydroxyl groups excluding tert-OH is 2. The van der Waals surface area contributed by atoms with Gasteiger partial charge in [-0.2, -0.15) is 0 Å². The number of aliphatic hydroxyl groups is 2. The molecule has 0 aliphatic rings. The fraction of sp³-hybridized carbons (Fsp3) is 0.191. The quantitative estimate of drug-likeness (QED) is 0.0177. The van der Waals surface area contributed by atoms with Crippen LogP contribution in [-0.2, 0) is 25.7 Å². The first-order valence-electron chi connectivity index (χ1n) is 36.0. The van der Waals surface area contributed by atoms with Crippen LogP contribution in [0.1, 0.15) is 66.6 Å². The van der Waals surface area contributed by atoms with E-state index in [1.54, 1.807) is 164 Å². The number of hydrogen-bond acceptors (Lipinski definition) is 25. The van der Waals surface area contributed by atoms with Crippen LogP contribution in [0.25, 0.3) is 18.2 Å². The van der Waals surface area contributed by atoms with Crippen LogP contribution in [-0.4, -0.2) is 165 Å². The second-order valence-electron chi connectivity index (χ2n) is 23.6.